The normalized spacial score (nSPS) is 10.4. The van der Waals surface area contributed by atoms with Gasteiger partial charge in [-0.15, -0.1) is 0 Å². The van der Waals surface area contributed by atoms with Crippen molar-refractivity contribution in [2.75, 3.05) is 7.11 Å². The molecule has 1 aromatic carbocycles. The molecule has 0 saturated carbocycles. The summed E-state index contributed by atoms with van der Waals surface area (Å²) in [5.41, 5.74) is 3.20. The third-order valence-corrected chi connectivity index (χ3v) is 2.80. The van der Waals surface area contributed by atoms with Crippen LogP contribution in [0.25, 0.3) is 11.3 Å². The van der Waals surface area contributed by atoms with Crippen LogP contribution in [0.15, 0.2) is 30.3 Å². The molecule has 3 nitrogen and oxygen atoms in total. The molecule has 0 aliphatic heterocycles. The van der Waals surface area contributed by atoms with Crippen LogP contribution in [0.4, 0.5) is 0 Å². The zero-order valence-electron chi connectivity index (χ0n) is 9.34. The zero-order valence-corrected chi connectivity index (χ0v) is 10.2. The molecule has 1 heterocycles. The highest BCUT2D eigenvalue weighted by molar-refractivity contribution is 7.79. The molecule has 4 heteroatoms. The molecule has 0 amide bonds. The fourth-order valence-electron chi connectivity index (χ4n) is 1.64. The van der Waals surface area contributed by atoms with Gasteiger partial charge in [-0.2, -0.15) is 17.7 Å². The smallest absolute Gasteiger partial charge is 0.118 e. The second kappa shape index (κ2) is 4.61. The molecule has 0 saturated heterocycles. The lowest BCUT2D eigenvalue weighted by Crippen LogP contribution is -1.94. The highest BCUT2D eigenvalue weighted by Crippen LogP contribution is 2.23. The van der Waals surface area contributed by atoms with Gasteiger partial charge in [0.1, 0.15) is 5.75 Å². The van der Waals surface area contributed by atoms with Crippen molar-refractivity contribution in [3.8, 4) is 17.0 Å². The lowest BCUT2D eigenvalue weighted by Gasteiger charge is -2.03. The third kappa shape index (κ3) is 2.07. The number of hydrogen-bond donors (Lipinski definition) is 1. The van der Waals surface area contributed by atoms with Gasteiger partial charge in [-0.05, 0) is 30.3 Å². The maximum atomic E-state index is 5.13. The van der Waals surface area contributed by atoms with E-state index in [4.69, 9.17) is 4.74 Å². The molecule has 2 rings (SSSR count). The highest BCUT2D eigenvalue weighted by atomic mass is 32.1. The highest BCUT2D eigenvalue weighted by Gasteiger charge is 2.06. The summed E-state index contributed by atoms with van der Waals surface area (Å²) in [6.07, 6.45) is 0. The third-order valence-electron chi connectivity index (χ3n) is 2.48. The number of aryl methyl sites for hydroxylation is 1. The van der Waals surface area contributed by atoms with Crippen molar-refractivity contribution in [1.29, 1.82) is 0 Å². The first-order chi connectivity index (χ1) is 7.74. The van der Waals surface area contributed by atoms with Crippen molar-refractivity contribution in [1.82, 2.24) is 9.78 Å². The van der Waals surface area contributed by atoms with E-state index in [-0.39, 0.29) is 0 Å². The molecule has 0 radical (unpaired) electrons. The van der Waals surface area contributed by atoms with E-state index >= 15 is 0 Å². The SMILES string of the molecule is COc1ccc(-c2cc(CS)nn2C)cc1. The largest absolute Gasteiger partial charge is 0.497 e. The minimum absolute atomic E-state index is 0.657. The molecule has 0 fully saturated rings. The minimum Gasteiger partial charge on any atom is -0.497 e. The molecule has 0 N–H and O–H groups in total. The van der Waals surface area contributed by atoms with Gasteiger partial charge in [0, 0.05) is 18.4 Å². The first kappa shape index (κ1) is 11.1. The van der Waals surface area contributed by atoms with E-state index in [1.54, 1.807) is 7.11 Å². The van der Waals surface area contributed by atoms with Crippen LogP contribution in [0.1, 0.15) is 5.69 Å². The maximum absolute atomic E-state index is 5.13. The lowest BCUT2D eigenvalue weighted by atomic mass is 10.1. The molecule has 0 spiro atoms. The van der Waals surface area contributed by atoms with Crippen molar-refractivity contribution >= 4 is 12.6 Å². The number of thiol groups is 1. The minimum atomic E-state index is 0.657. The standard InChI is InChI=1S/C12H14N2OS/c1-14-12(7-10(8-16)13-14)9-3-5-11(15-2)6-4-9/h3-7,16H,8H2,1-2H3. The Balaban J connectivity index is 2.38. The fourth-order valence-corrected chi connectivity index (χ4v) is 1.79. The molecular formula is C12H14N2OS. The van der Waals surface area contributed by atoms with Gasteiger partial charge in [0.05, 0.1) is 18.5 Å². The number of benzene rings is 1. The van der Waals surface area contributed by atoms with Gasteiger partial charge in [-0.1, -0.05) is 0 Å². The van der Waals surface area contributed by atoms with Gasteiger partial charge in [-0.25, -0.2) is 0 Å². The van der Waals surface area contributed by atoms with E-state index in [1.807, 2.05) is 36.0 Å². The molecule has 0 aliphatic rings. The average molecular weight is 234 g/mol. The predicted molar refractivity (Wildman–Crippen MR) is 67.9 cm³/mol. The molecule has 1 aromatic heterocycles. The topological polar surface area (TPSA) is 27.1 Å². The van der Waals surface area contributed by atoms with E-state index in [0.29, 0.717) is 5.75 Å². The summed E-state index contributed by atoms with van der Waals surface area (Å²) in [5, 5.41) is 4.36. The first-order valence-electron chi connectivity index (χ1n) is 5.03. The molecule has 0 unspecified atom stereocenters. The second-order valence-electron chi connectivity index (χ2n) is 3.53. The van der Waals surface area contributed by atoms with Gasteiger partial charge in [0.15, 0.2) is 0 Å². The number of nitrogens with zero attached hydrogens (tertiary/aromatic N) is 2. The summed E-state index contributed by atoms with van der Waals surface area (Å²) in [5.74, 6) is 1.52. The summed E-state index contributed by atoms with van der Waals surface area (Å²) in [7, 11) is 3.60. The number of hydrogen-bond acceptors (Lipinski definition) is 3. The first-order valence-corrected chi connectivity index (χ1v) is 5.66. The molecule has 16 heavy (non-hydrogen) atoms. The van der Waals surface area contributed by atoms with Gasteiger partial charge >= 0.3 is 0 Å². The van der Waals surface area contributed by atoms with Crippen LogP contribution in [0.5, 0.6) is 5.75 Å². The fraction of sp³-hybridized carbons (Fsp3) is 0.250. The lowest BCUT2D eigenvalue weighted by molar-refractivity contribution is 0.415. The van der Waals surface area contributed by atoms with Crippen molar-refractivity contribution < 1.29 is 4.74 Å². The Morgan fingerprint density at radius 3 is 2.50 bits per heavy atom. The van der Waals surface area contributed by atoms with E-state index in [9.17, 15) is 0 Å². The summed E-state index contributed by atoms with van der Waals surface area (Å²) >= 11 is 4.22. The monoisotopic (exact) mass is 234 g/mol. The average Bonchev–Trinajstić information content (AvgIpc) is 2.71. The number of rotatable bonds is 3. The van der Waals surface area contributed by atoms with Crippen LogP contribution in [0.2, 0.25) is 0 Å². The molecule has 0 atom stereocenters. The molecule has 84 valence electrons. The van der Waals surface area contributed by atoms with Crippen LogP contribution in [0, 0.1) is 0 Å². The van der Waals surface area contributed by atoms with Crippen molar-refractivity contribution in [2.45, 2.75) is 5.75 Å². The van der Waals surface area contributed by atoms with Crippen LogP contribution in [0.3, 0.4) is 0 Å². The van der Waals surface area contributed by atoms with Crippen LogP contribution in [-0.4, -0.2) is 16.9 Å². The Morgan fingerprint density at radius 2 is 2.00 bits per heavy atom. The van der Waals surface area contributed by atoms with Gasteiger partial charge in [-0.3, -0.25) is 4.68 Å². The Bertz CT molecular complexity index is 476. The number of ether oxygens (including phenoxy) is 1. The van der Waals surface area contributed by atoms with Crippen LogP contribution < -0.4 is 4.74 Å². The quantitative estimate of drug-likeness (QED) is 0.826. The van der Waals surface area contributed by atoms with E-state index in [0.717, 1.165) is 22.7 Å². The van der Waals surface area contributed by atoms with Crippen molar-refractivity contribution in [3.63, 3.8) is 0 Å². The summed E-state index contributed by atoms with van der Waals surface area (Å²) in [4.78, 5) is 0. The Hall–Kier alpha value is -1.42. The summed E-state index contributed by atoms with van der Waals surface area (Å²) in [6, 6.07) is 10.00. The van der Waals surface area contributed by atoms with Crippen molar-refractivity contribution in [3.05, 3.63) is 36.0 Å². The Morgan fingerprint density at radius 1 is 1.31 bits per heavy atom. The van der Waals surface area contributed by atoms with E-state index in [2.05, 4.69) is 23.8 Å². The number of aromatic nitrogens is 2. The molecule has 0 aliphatic carbocycles. The van der Waals surface area contributed by atoms with Crippen LogP contribution >= 0.6 is 12.6 Å². The van der Waals surface area contributed by atoms with Crippen LogP contribution in [-0.2, 0) is 12.8 Å². The summed E-state index contributed by atoms with van der Waals surface area (Å²) < 4.78 is 7.00. The van der Waals surface area contributed by atoms with Gasteiger partial charge < -0.3 is 4.74 Å². The van der Waals surface area contributed by atoms with E-state index < -0.39 is 0 Å². The zero-order chi connectivity index (χ0) is 11.5. The van der Waals surface area contributed by atoms with Gasteiger partial charge in [0.25, 0.3) is 0 Å². The number of methoxy groups -OCH3 is 1. The maximum Gasteiger partial charge on any atom is 0.118 e. The Kier molecular flexibility index (Phi) is 3.19. The molecular weight excluding hydrogens is 220 g/mol. The van der Waals surface area contributed by atoms with Crippen molar-refractivity contribution in [2.24, 2.45) is 7.05 Å². The van der Waals surface area contributed by atoms with E-state index in [1.165, 1.54) is 0 Å². The van der Waals surface area contributed by atoms with Gasteiger partial charge in [0.2, 0.25) is 0 Å². The Labute approximate surface area is 100 Å². The molecule has 2 aromatic rings. The molecule has 0 bridgehead atoms. The predicted octanol–water partition coefficient (Wildman–Crippen LogP) is 2.53. The summed E-state index contributed by atoms with van der Waals surface area (Å²) in [6.45, 7) is 0. The second-order valence-corrected chi connectivity index (χ2v) is 3.85.